The van der Waals surface area contributed by atoms with E-state index in [2.05, 4.69) is 5.32 Å². The zero-order chi connectivity index (χ0) is 12.1. The second-order valence-electron chi connectivity index (χ2n) is 3.63. The van der Waals surface area contributed by atoms with Crippen LogP contribution in [0.3, 0.4) is 0 Å². The molecule has 88 valence electrons. The third-order valence-electron chi connectivity index (χ3n) is 2.38. The molecular formula is C11H15NO3S. The van der Waals surface area contributed by atoms with Gasteiger partial charge in [-0.1, -0.05) is 0 Å². The van der Waals surface area contributed by atoms with Gasteiger partial charge in [-0.2, -0.15) is 0 Å². The van der Waals surface area contributed by atoms with E-state index in [4.69, 9.17) is 5.11 Å². The van der Waals surface area contributed by atoms with Crippen molar-refractivity contribution in [2.24, 2.45) is 5.92 Å². The molecule has 5 heteroatoms. The van der Waals surface area contributed by atoms with Crippen LogP contribution in [0.5, 0.6) is 0 Å². The van der Waals surface area contributed by atoms with Gasteiger partial charge in [0, 0.05) is 11.4 Å². The van der Waals surface area contributed by atoms with Gasteiger partial charge in [0.05, 0.1) is 0 Å². The molecule has 1 rings (SSSR count). The molecule has 1 aromatic heterocycles. The van der Waals surface area contributed by atoms with Gasteiger partial charge in [-0.15, -0.1) is 11.3 Å². The highest BCUT2D eigenvalue weighted by Gasteiger charge is 2.19. The number of hydrogen-bond acceptors (Lipinski definition) is 3. The monoisotopic (exact) mass is 241 g/mol. The van der Waals surface area contributed by atoms with E-state index in [0.29, 0.717) is 6.54 Å². The number of aliphatic carboxylic acids is 1. The first-order valence-electron chi connectivity index (χ1n) is 5.06. The largest absolute Gasteiger partial charge is 0.481 e. The molecular weight excluding hydrogens is 226 g/mol. The Kier molecular flexibility index (Phi) is 4.49. The van der Waals surface area contributed by atoms with Crippen LogP contribution >= 0.6 is 11.3 Å². The normalized spacial score (nSPS) is 12.1. The number of carbonyl (C=O) groups is 2. The van der Waals surface area contributed by atoms with Crippen molar-refractivity contribution in [1.29, 1.82) is 0 Å². The molecule has 0 fully saturated rings. The van der Waals surface area contributed by atoms with Crippen molar-refractivity contribution in [2.45, 2.75) is 20.3 Å². The van der Waals surface area contributed by atoms with Crippen molar-refractivity contribution in [2.75, 3.05) is 6.54 Å². The molecule has 0 aliphatic rings. The van der Waals surface area contributed by atoms with Crippen LogP contribution < -0.4 is 5.32 Å². The van der Waals surface area contributed by atoms with Crippen LogP contribution in [0.25, 0.3) is 0 Å². The summed E-state index contributed by atoms with van der Waals surface area (Å²) in [7, 11) is 0. The molecule has 0 saturated heterocycles. The standard InChI is InChI=1S/C11H15NO3S/c1-7-4-6-16-9(7)3-5-12-10(13)8(2)11(14)15/h4,6,8H,3,5H2,1-2H3,(H,12,13)(H,14,15). The third kappa shape index (κ3) is 3.34. The average Bonchev–Trinajstić information content (AvgIpc) is 2.63. The molecule has 2 N–H and O–H groups in total. The predicted octanol–water partition coefficient (Wildman–Crippen LogP) is 1.44. The maximum Gasteiger partial charge on any atom is 0.315 e. The lowest BCUT2D eigenvalue weighted by Crippen LogP contribution is -2.34. The molecule has 0 saturated carbocycles. The molecule has 4 nitrogen and oxygen atoms in total. The molecule has 0 radical (unpaired) electrons. The third-order valence-corrected chi connectivity index (χ3v) is 3.47. The second-order valence-corrected chi connectivity index (χ2v) is 4.63. The number of nitrogens with one attached hydrogen (secondary N) is 1. The van der Waals surface area contributed by atoms with Crippen LogP contribution in [0.1, 0.15) is 17.4 Å². The van der Waals surface area contributed by atoms with Gasteiger partial charge in [-0.05, 0) is 37.3 Å². The Labute approximate surface area is 98.3 Å². The summed E-state index contributed by atoms with van der Waals surface area (Å²) in [6, 6.07) is 2.03. The van der Waals surface area contributed by atoms with E-state index in [0.717, 1.165) is 6.42 Å². The van der Waals surface area contributed by atoms with E-state index in [1.807, 2.05) is 18.4 Å². The van der Waals surface area contributed by atoms with Crippen molar-refractivity contribution in [1.82, 2.24) is 5.32 Å². The lowest BCUT2D eigenvalue weighted by molar-refractivity contribution is -0.146. The Hall–Kier alpha value is -1.36. The SMILES string of the molecule is Cc1ccsc1CCNC(=O)C(C)C(=O)O. The number of carboxylic acid groups (broad SMARTS) is 1. The number of carboxylic acids is 1. The first-order chi connectivity index (χ1) is 7.52. The van der Waals surface area contributed by atoms with Crippen LogP contribution in [0, 0.1) is 12.8 Å². The quantitative estimate of drug-likeness (QED) is 0.766. The van der Waals surface area contributed by atoms with E-state index < -0.39 is 17.8 Å². The van der Waals surface area contributed by atoms with E-state index in [9.17, 15) is 9.59 Å². The smallest absolute Gasteiger partial charge is 0.315 e. The van der Waals surface area contributed by atoms with Crippen LogP contribution in [0.15, 0.2) is 11.4 Å². The zero-order valence-electron chi connectivity index (χ0n) is 9.32. The number of aryl methyl sites for hydroxylation is 1. The molecule has 1 amide bonds. The fourth-order valence-electron chi connectivity index (χ4n) is 1.22. The summed E-state index contributed by atoms with van der Waals surface area (Å²) >= 11 is 1.65. The summed E-state index contributed by atoms with van der Waals surface area (Å²) in [5.74, 6) is -2.50. The minimum Gasteiger partial charge on any atom is -0.481 e. The summed E-state index contributed by atoms with van der Waals surface area (Å²) in [4.78, 5) is 23.1. The van der Waals surface area contributed by atoms with Crippen molar-refractivity contribution in [3.8, 4) is 0 Å². The minimum atomic E-state index is -1.09. The molecule has 0 bridgehead atoms. The highest BCUT2D eigenvalue weighted by atomic mass is 32.1. The molecule has 1 heterocycles. The van der Waals surface area contributed by atoms with Gasteiger partial charge in [-0.25, -0.2) is 0 Å². The van der Waals surface area contributed by atoms with Gasteiger partial charge in [0.15, 0.2) is 0 Å². The molecule has 1 aromatic rings. The zero-order valence-corrected chi connectivity index (χ0v) is 10.1. The molecule has 0 aliphatic heterocycles. The van der Waals surface area contributed by atoms with E-state index in [1.54, 1.807) is 11.3 Å². The lowest BCUT2D eigenvalue weighted by Gasteiger charge is -2.07. The van der Waals surface area contributed by atoms with Crippen LogP contribution in [-0.4, -0.2) is 23.5 Å². The van der Waals surface area contributed by atoms with E-state index in [1.165, 1.54) is 17.4 Å². The number of carbonyl (C=O) groups excluding carboxylic acids is 1. The highest BCUT2D eigenvalue weighted by molar-refractivity contribution is 7.10. The van der Waals surface area contributed by atoms with Crippen molar-refractivity contribution in [3.63, 3.8) is 0 Å². The summed E-state index contributed by atoms with van der Waals surface area (Å²) in [6.07, 6.45) is 0.752. The summed E-state index contributed by atoms with van der Waals surface area (Å²) in [6.45, 7) is 3.89. The Morgan fingerprint density at radius 3 is 2.75 bits per heavy atom. The molecule has 0 spiro atoms. The van der Waals surface area contributed by atoms with Crippen LogP contribution in [0.4, 0.5) is 0 Å². The maximum absolute atomic E-state index is 11.3. The van der Waals surface area contributed by atoms with Gasteiger partial charge in [-0.3, -0.25) is 9.59 Å². The lowest BCUT2D eigenvalue weighted by atomic mass is 10.1. The number of rotatable bonds is 5. The Morgan fingerprint density at radius 1 is 1.56 bits per heavy atom. The van der Waals surface area contributed by atoms with Gasteiger partial charge in [0.2, 0.25) is 5.91 Å². The highest BCUT2D eigenvalue weighted by Crippen LogP contribution is 2.15. The van der Waals surface area contributed by atoms with Crippen LogP contribution in [-0.2, 0) is 16.0 Å². The van der Waals surface area contributed by atoms with Gasteiger partial charge >= 0.3 is 5.97 Å². The van der Waals surface area contributed by atoms with Crippen molar-refractivity contribution >= 4 is 23.2 Å². The summed E-state index contributed by atoms with van der Waals surface area (Å²) in [5.41, 5.74) is 1.21. The molecule has 0 aromatic carbocycles. The number of amides is 1. The van der Waals surface area contributed by atoms with E-state index >= 15 is 0 Å². The molecule has 1 unspecified atom stereocenters. The van der Waals surface area contributed by atoms with Gasteiger partial charge in [0.1, 0.15) is 5.92 Å². The number of hydrogen-bond donors (Lipinski definition) is 2. The first-order valence-corrected chi connectivity index (χ1v) is 5.94. The second kappa shape index (κ2) is 5.65. The average molecular weight is 241 g/mol. The Bertz CT molecular complexity index is 386. The van der Waals surface area contributed by atoms with Gasteiger partial charge in [0.25, 0.3) is 0 Å². The first kappa shape index (κ1) is 12.7. The number of thiophene rings is 1. The van der Waals surface area contributed by atoms with Gasteiger partial charge < -0.3 is 10.4 Å². The Balaban J connectivity index is 2.34. The maximum atomic E-state index is 11.3. The fraction of sp³-hybridized carbons (Fsp3) is 0.455. The van der Waals surface area contributed by atoms with Crippen molar-refractivity contribution < 1.29 is 14.7 Å². The molecule has 1 atom stereocenters. The Morgan fingerprint density at radius 2 is 2.25 bits per heavy atom. The molecule has 16 heavy (non-hydrogen) atoms. The predicted molar refractivity (Wildman–Crippen MR) is 62.6 cm³/mol. The van der Waals surface area contributed by atoms with Crippen LogP contribution in [0.2, 0.25) is 0 Å². The molecule has 0 aliphatic carbocycles. The fourth-order valence-corrected chi connectivity index (χ4v) is 2.13. The topological polar surface area (TPSA) is 66.4 Å². The minimum absolute atomic E-state index is 0.429. The summed E-state index contributed by atoms with van der Waals surface area (Å²) < 4.78 is 0. The van der Waals surface area contributed by atoms with Crippen molar-refractivity contribution in [3.05, 3.63) is 21.9 Å². The van der Waals surface area contributed by atoms with E-state index in [-0.39, 0.29) is 0 Å². The summed E-state index contributed by atoms with van der Waals surface area (Å²) in [5, 5.41) is 13.2.